The van der Waals surface area contributed by atoms with Crippen molar-refractivity contribution in [3.8, 4) is 0 Å². The summed E-state index contributed by atoms with van der Waals surface area (Å²) in [5, 5.41) is 5.83. The normalized spacial score (nSPS) is 17.5. The van der Waals surface area contributed by atoms with Crippen molar-refractivity contribution >= 4 is 33.5 Å². The predicted octanol–water partition coefficient (Wildman–Crippen LogP) is 2.50. The second-order valence-electron chi connectivity index (χ2n) is 7.43. The second-order valence-corrected chi connectivity index (χ2v) is 8.51. The van der Waals surface area contributed by atoms with Crippen molar-refractivity contribution in [1.29, 1.82) is 0 Å². The molecule has 7 nitrogen and oxygen atoms in total. The molecule has 0 atom stereocenters. The molecule has 27 heavy (non-hydrogen) atoms. The molecule has 144 valence electrons. The van der Waals surface area contributed by atoms with E-state index in [-0.39, 0.29) is 18.1 Å². The Balaban J connectivity index is 1.45. The van der Waals surface area contributed by atoms with Crippen molar-refractivity contribution in [2.45, 2.75) is 70.4 Å². The maximum atomic E-state index is 12.8. The number of hydrogen-bond donors (Lipinski definition) is 2. The summed E-state index contributed by atoms with van der Waals surface area (Å²) in [6.45, 7) is -0.204. The van der Waals surface area contributed by atoms with Crippen LogP contribution in [0.15, 0.2) is 11.1 Å². The van der Waals surface area contributed by atoms with Gasteiger partial charge in [-0.05, 0) is 44.1 Å². The van der Waals surface area contributed by atoms with E-state index in [2.05, 4.69) is 15.6 Å². The smallest absolute Gasteiger partial charge is 0.321 e. The van der Waals surface area contributed by atoms with Crippen molar-refractivity contribution in [2.24, 2.45) is 0 Å². The number of urea groups is 1. The highest BCUT2D eigenvalue weighted by Gasteiger charge is 2.21. The summed E-state index contributed by atoms with van der Waals surface area (Å²) in [6, 6.07) is -0.355. The fourth-order valence-electron chi connectivity index (χ4n) is 4.08. The highest BCUT2D eigenvalue weighted by molar-refractivity contribution is 7.18. The summed E-state index contributed by atoms with van der Waals surface area (Å²) >= 11 is 1.58. The molecule has 0 unspecified atom stereocenters. The molecule has 2 aromatic heterocycles. The van der Waals surface area contributed by atoms with Crippen LogP contribution in [0.4, 0.5) is 4.79 Å². The third-order valence-electron chi connectivity index (χ3n) is 5.45. The molecule has 2 aliphatic carbocycles. The Morgan fingerprint density at radius 2 is 1.93 bits per heavy atom. The Hall–Kier alpha value is -2.22. The van der Waals surface area contributed by atoms with Crippen molar-refractivity contribution in [3.63, 3.8) is 0 Å². The first kappa shape index (κ1) is 18.2. The molecule has 4 rings (SSSR count). The van der Waals surface area contributed by atoms with Gasteiger partial charge < -0.3 is 5.32 Å². The monoisotopic (exact) mass is 388 g/mol. The van der Waals surface area contributed by atoms with E-state index >= 15 is 0 Å². The molecule has 0 radical (unpaired) electrons. The summed E-state index contributed by atoms with van der Waals surface area (Å²) in [5.41, 5.74) is 0.908. The van der Waals surface area contributed by atoms with Gasteiger partial charge in [0, 0.05) is 10.9 Å². The third-order valence-corrected chi connectivity index (χ3v) is 6.65. The number of amides is 3. The number of carbonyl (C=O) groups excluding carboxylic acids is 2. The zero-order chi connectivity index (χ0) is 18.8. The highest BCUT2D eigenvalue weighted by Crippen LogP contribution is 2.33. The number of thiophene rings is 1. The molecule has 1 saturated carbocycles. The average Bonchev–Trinajstić information content (AvgIpc) is 3.04. The number of aryl methyl sites for hydroxylation is 2. The Bertz CT molecular complexity index is 927. The first-order valence-corrected chi connectivity index (χ1v) is 10.5. The van der Waals surface area contributed by atoms with Gasteiger partial charge in [0.25, 0.3) is 5.56 Å². The van der Waals surface area contributed by atoms with E-state index < -0.39 is 11.9 Å². The molecule has 1 fully saturated rings. The number of carbonyl (C=O) groups is 2. The maximum absolute atomic E-state index is 12.8. The van der Waals surface area contributed by atoms with Gasteiger partial charge in [-0.2, -0.15) is 0 Å². The van der Waals surface area contributed by atoms with Crippen LogP contribution >= 0.6 is 11.3 Å². The first-order valence-electron chi connectivity index (χ1n) is 9.72. The molecule has 0 spiro atoms. The Morgan fingerprint density at radius 1 is 1.15 bits per heavy atom. The van der Waals surface area contributed by atoms with Crippen molar-refractivity contribution in [3.05, 3.63) is 27.1 Å². The van der Waals surface area contributed by atoms with Gasteiger partial charge in [-0.1, -0.05) is 19.3 Å². The van der Waals surface area contributed by atoms with Gasteiger partial charge in [0.1, 0.15) is 11.4 Å². The van der Waals surface area contributed by atoms with Crippen LogP contribution in [0.25, 0.3) is 10.2 Å². The number of fused-ring (bicyclic) bond motifs is 3. The second kappa shape index (κ2) is 7.80. The molecule has 3 amide bonds. The van der Waals surface area contributed by atoms with Crippen LogP contribution in [-0.4, -0.2) is 27.5 Å². The van der Waals surface area contributed by atoms with Gasteiger partial charge in [0.15, 0.2) is 0 Å². The van der Waals surface area contributed by atoms with E-state index in [4.69, 9.17) is 0 Å². The molecular weight excluding hydrogens is 364 g/mol. The lowest BCUT2D eigenvalue weighted by Gasteiger charge is -2.22. The van der Waals surface area contributed by atoms with Gasteiger partial charge in [-0.15, -0.1) is 11.3 Å². The number of imide groups is 1. The molecular formula is C19H24N4O3S. The number of nitrogens with zero attached hydrogens (tertiary/aromatic N) is 2. The molecule has 0 saturated heterocycles. The fourth-order valence-corrected chi connectivity index (χ4v) is 5.30. The van der Waals surface area contributed by atoms with Crippen molar-refractivity contribution < 1.29 is 9.59 Å². The van der Waals surface area contributed by atoms with Crippen LogP contribution in [0.1, 0.15) is 55.4 Å². The summed E-state index contributed by atoms with van der Waals surface area (Å²) < 4.78 is 1.30. The minimum Gasteiger partial charge on any atom is -0.335 e. The van der Waals surface area contributed by atoms with Crippen LogP contribution in [0.2, 0.25) is 0 Å². The molecule has 2 N–H and O–H groups in total. The summed E-state index contributed by atoms with van der Waals surface area (Å²) in [4.78, 5) is 43.5. The predicted molar refractivity (Wildman–Crippen MR) is 104 cm³/mol. The van der Waals surface area contributed by atoms with E-state index in [1.54, 1.807) is 11.3 Å². The molecule has 2 heterocycles. The lowest BCUT2D eigenvalue weighted by molar-refractivity contribution is -0.120. The zero-order valence-electron chi connectivity index (χ0n) is 15.3. The lowest BCUT2D eigenvalue weighted by Crippen LogP contribution is -2.46. The quantitative estimate of drug-likeness (QED) is 0.845. The van der Waals surface area contributed by atoms with E-state index in [0.717, 1.165) is 61.8 Å². The minimum atomic E-state index is -0.504. The SMILES string of the molecule is O=C(Cn1cnc2sc3c(c2c1=O)CCCC3)NC(=O)NC1CCCCC1. The summed E-state index contributed by atoms with van der Waals surface area (Å²) in [7, 11) is 0. The summed E-state index contributed by atoms with van der Waals surface area (Å²) in [6.07, 6.45) is 10.8. The lowest BCUT2D eigenvalue weighted by atomic mass is 9.96. The van der Waals surface area contributed by atoms with Crippen LogP contribution in [0.5, 0.6) is 0 Å². The Morgan fingerprint density at radius 3 is 2.74 bits per heavy atom. The fraction of sp³-hybridized carbons (Fsp3) is 0.579. The van der Waals surface area contributed by atoms with Gasteiger partial charge >= 0.3 is 6.03 Å². The largest absolute Gasteiger partial charge is 0.335 e. The molecule has 0 aromatic carbocycles. The average molecular weight is 388 g/mol. The Kier molecular flexibility index (Phi) is 5.24. The van der Waals surface area contributed by atoms with Crippen molar-refractivity contribution in [2.75, 3.05) is 0 Å². The molecule has 0 bridgehead atoms. The van der Waals surface area contributed by atoms with Gasteiger partial charge in [-0.3, -0.25) is 19.5 Å². The van der Waals surface area contributed by atoms with Crippen LogP contribution in [0.3, 0.4) is 0 Å². The van der Waals surface area contributed by atoms with Gasteiger partial charge in [0.2, 0.25) is 5.91 Å². The molecule has 8 heteroatoms. The van der Waals surface area contributed by atoms with E-state index in [9.17, 15) is 14.4 Å². The topological polar surface area (TPSA) is 93.1 Å². The maximum Gasteiger partial charge on any atom is 0.321 e. The molecule has 2 aliphatic rings. The van der Waals surface area contributed by atoms with Crippen LogP contribution in [0, 0.1) is 0 Å². The van der Waals surface area contributed by atoms with E-state index in [0.29, 0.717) is 5.39 Å². The van der Waals surface area contributed by atoms with Crippen molar-refractivity contribution in [1.82, 2.24) is 20.2 Å². The standard InChI is InChI=1S/C19H24N4O3S/c24-15(22-19(26)21-12-6-2-1-3-7-12)10-23-11-20-17-16(18(23)25)13-8-4-5-9-14(13)27-17/h11-12H,1-10H2,(H2,21,22,24,26). The van der Waals surface area contributed by atoms with Gasteiger partial charge in [0.05, 0.1) is 11.7 Å². The molecule has 2 aromatic rings. The van der Waals surface area contributed by atoms with E-state index in [1.165, 1.54) is 22.2 Å². The highest BCUT2D eigenvalue weighted by atomic mass is 32.1. The number of nitrogens with one attached hydrogen (secondary N) is 2. The third kappa shape index (κ3) is 3.90. The summed E-state index contributed by atoms with van der Waals surface area (Å²) in [5.74, 6) is -0.504. The Labute approximate surface area is 161 Å². The van der Waals surface area contributed by atoms with E-state index in [1.807, 2.05) is 0 Å². The number of rotatable bonds is 3. The number of hydrogen-bond acceptors (Lipinski definition) is 5. The van der Waals surface area contributed by atoms with Crippen LogP contribution in [-0.2, 0) is 24.2 Å². The minimum absolute atomic E-state index is 0.129. The van der Waals surface area contributed by atoms with Gasteiger partial charge in [-0.25, -0.2) is 9.78 Å². The number of aromatic nitrogens is 2. The zero-order valence-corrected chi connectivity index (χ0v) is 16.1. The first-order chi connectivity index (χ1) is 13.1. The molecule has 0 aliphatic heterocycles. The van der Waals surface area contributed by atoms with Crippen LogP contribution < -0.4 is 16.2 Å².